The monoisotopic (exact) mass is 239 g/mol. The Morgan fingerprint density at radius 2 is 2.24 bits per heavy atom. The van der Waals surface area contributed by atoms with Crippen LogP contribution in [-0.2, 0) is 4.74 Å². The highest BCUT2D eigenvalue weighted by Gasteiger charge is 2.17. The SMILES string of the molecule is CCCCNc1nccn1C(COC)C(C)C. The molecule has 1 atom stereocenters. The number of hydrogen-bond acceptors (Lipinski definition) is 3. The zero-order valence-electron chi connectivity index (χ0n) is 11.4. The molecule has 0 amide bonds. The number of imidazole rings is 1. The molecule has 0 aliphatic rings. The Kier molecular flexibility index (Phi) is 6.05. The standard InChI is InChI=1S/C13H25N3O/c1-5-6-7-14-13-15-8-9-16(13)12(10-17-4)11(2)3/h8-9,11-12H,5-7,10H2,1-4H3,(H,14,15). The molecule has 0 spiro atoms. The van der Waals surface area contributed by atoms with Crippen molar-refractivity contribution in [2.24, 2.45) is 5.92 Å². The number of unbranched alkanes of at least 4 members (excludes halogenated alkanes) is 1. The third-order valence-corrected chi connectivity index (χ3v) is 2.95. The van der Waals surface area contributed by atoms with Gasteiger partial charge in [0.2, 0.25) is 5.95 Å². The van der Waals surface area contributed by atoms with Gasteiger partial charge in [-0.3, -0.25) is 0 Å². The lowest BCUT2D eigenvalue weighted by Crippen LogP contribution is -2.22. The maximum absolute atomic E-state index is 5.29. The third-order valence-electron chi connectivity index (χ3n) is 2.95. The predicted molar refractivity (Wildman–Crippen MR) is 71.4 cm³/mol. The Morgan fingerprint density at radius 1 is 1.47 bits per heavy atom. The average Bonchev–Trinajstić information content (AvgIpc) is 2.74. The molecule has 1 rings (SSSR count). The molecule has 0 aliphatic heterocycles. The highest BCUT2D eigenvalue weighted by Crippen LogP contribution is 2.22. The van der Waals surface area contributed by atoms with Crippen LogP contribution in [0.3, 0.4) is 0 Å². The Morgan fingerprint density at radius 3 is 2.82 bits per heavy atom. The fourth-order valence-corrected chi connectivity index (χ4v) is 1.86. The summed E-state index contributed by atoms with van der Waals surface area (Å²) in [6.07, 6.45) is 6.24. The van der Waals surface area contributed by atoms with E-state index in [0.29, 0.717) is 12.0 Å². The molecule has 1 unspecified atom stereocenters. The number of hydrogen-bond donors (Lipinski definition) is 1. The first-order valence-corrected chi connectivity index (χ1v) is 6.46. The van der Waals surface area contributed by atoms with Gasteiger partial charge >= 0.3 is 0 Å². The lowest BCUT2D eigenvalue weighted by atomic mass is 10.1. The second-order valence-corrected chi connectivity index (χ2v) is 4.71. The zero-order valence-corrected chi connectivity index (χ0v) is 11.4. The van der Waals surface area contributed by atoms with Crippen LogP contribution in [0, 0.1) is 5.92 Å². The molecule has 17 heavy (non-hydrogen) atoms. The van der Waals surface area contributed by atoms with Gasteiger partial charge < -0.3 is 14.6 Å². The van der Waals surface area contributed by atoms with Gasteiger partial charge in [-0.15, -0.1) is 0 Å². The largest absolute Gasteiger partial charge is 0.383 e. The van der Waals surface area contributed by atoms with Crippen molar-refractivity contribution in [2.45, 2.75) is 39.7 Å². The maximum atomic E-state index is 5.29. The molecule has 0 aliphatic carbocycles. The van der Waals surface area contributed by atoms with E-state index >= 15 is 0 Å². The van der Waals surface area contributed by atoms with Gasteiger partial charge in [-0.05, 0) is 12.3 Å². The number of nitrogens with one attached hydrogen (secondary N) is 1. The van der Waals surface area contributed by atoms with Crippen molar-refractivity contribution >= 4 is 5.95 Å². The summed E-state index contributed by atoms with van der Waals surface area (Å²) < 4.78 is 7.48. The summed E-state index contributed by atoms with van der Waals surface area (Å²) in [6.45, 7) is 8.30. The van der Waals surface area contributed by atoms with E-state index in [4.69, 9.17) is 4.74 Å². The molecule has 1 heterocycles. The van der Waals surface area contributed by atoms with E-state index in [0.717, 1.165) is 19.1 Å². The first-order valence-electron chi connectivity index (χ1n) is 6.46. The van der Waals surface area contributed by atoms with E-state index in [1.54, 1.807) is 7.11 Å². The number of aromatic nitrogens is 2. The maximum Gasteiger partial charge on any atom is 0.203 e. The first-order chi connectivity index (χ1) is 8.20. The van der Waals surface area contributed by atoms with Gasteiger partial charge in [0.05, 0.1) is 12.6 Å². The van der Waals surface area contributed by atoms with Crippen molar-refractivity contribution in [3.8, 4) is 0 Å². The highest BCUT2D eigenvalue weighted by atomic mass is 16.5. The molecule has 1 N–H and O–H groups in total. The summed E-state index contributed by atoms with van der Waals surface area (Å²) >= 11 is 0. The summed E-state index contributed by atoms with van der Waals surface area (Å²) in [6, 6.07) is 0.339. The summed E-state index contributed by atoms with van der Waals surface area (Å²) in [5.41, 5.74) is 0. The van der Waals surface area contributed by atoms with Crippen LogP contribution in [0.25, 0.3) is 0 Å². The molecule has 4 nitrogen and oxygen atoms in total. The van der Waals surface area contributed by atoms with Gasteiger partial charge in [0.15, 0.2) is 0 Å². The number of rotatable bonds is 8. The fourth-order valence-electron chi connectivity index (χ4n) is 1.86. The van der Waals surface area contributed by atoms with E-state index in [-0.39, 0.29) is 0 Å². The van der Waals surface area contributed by atoms with E-state index in [1.807, 2.05) is 12.4 Å². The number of nitrogens with zero attached hydrogens (tertiary/aromatic N) is 2. The molecular weight excluding hydrogens is 214 g/mol. The minimum Gasteiger partial charge on any atom is -0.383 e. The number of ether oxygens (including phenoxy) is 1. The number of methoxy groups -OCH3 is 1. The molecule has 0 saturated carbocycles. The summed E-state index contributed by atoms with van der Waals surface area (Å²) in [7, 11) is 1.75. The smallest absolute Gasteiger partial charge is 0.203 e. The van der Waals surface area contributed by atoms with Gasteiger partial charge in [0.1, 0.15) is 0 Å². The van der Waals surface area contributed by atoms with Crippen molar-refractivity contribution in [1.82, 2.24) is 9.55 Å². The second kappa shape index (κ2) is 7.33. The zero-order chi connectivity index (χ0) is 12.7. The molecule has 98 valence electrons. The molecule has 0 radical (unpaired) electrons. The minimum atomic E-state index is 0.339. The van der Waals surface area contributed by atoms with Crippen molar-refractivity contribution in [3.05, 3.63) is 12.4 Å². The first kappa shape index (κ1) is 14.0. The van der Waals surface area contributed by atoms with E-state index < -0.39 is 0 Å². The van der Waals surface area contributed by atoms with Crippen LogP contribution in [0.2, 0.25) is 0 Å². The van der Waals surface area contributed by atoms with Crippen LogP contribution in [0.5, 0.6) is 0 Å². The Labute approximate surface area is 104 Å². The molecule has 0 fully saturated rings. The Hall–Kier alpha value is -1.03. The predicted octanol–water partition coefficient (Wildman–Crippen LogP) is 2.94. The topological polar surface area (TPSA) is 39.1 Å². The quantitative estimate of drug-likeness (QED) is 0.709. The molecule has 0 saturated heterocycles. The highest BCUT2D eigenvalue weighted by molar-refractivity contribution is 5.26. The molecule has 1 aromatic heterocycles. The molecule has 0 aromatic carbocycles. The van der Waals surface area contributed by atoms with Crippen LogP contribution in [0.15, 0.2) is 12.4 Å². The van der Waals surface area contributed by atoms with Gasteiger partial charge in [-0.1, -0.05) is 27.2 Å². The van der Waals surface area contributed by atoms with Crippen LogP contribution in [-0.4, -0.2) is 29.8 Å². The van der Waals surface area contributed by atoms with Gasteiger partial charge in [0.25, 0.3) is 0 Å². The van der Waals surface area contributed by atoms with Crippen LogP contribution in [0.4, 0.5) is 5.95 Å². The van der Waals surface area contributed by atoms with Crippen molar-refractivity contribution in [2.75, 3.05) is 25.6 Å². The second-order valence-electron chi connectivity index (χ2n) is 4.71. The van der Waals surface area contributed by atoms with Crippen molar-refractivity contribution < 1.29 is 4.74 Å². The Balaban J connectivity index is 2.70. The van der Waals surface area contributed by atoms with Crippen LogP contribution < -0.4 is 5.32 Å². The molecule has 4 heteroatoms. The van der Waals surface area contributed by atoms with Gasteiger partial charge in [-0.25, -0.2) is 4.98 Å². The molecule has 1 aromatic rings. The van der Waals surface area contributed by atoms with Crippen LogP contribution in [0.1, 0.15) is 39.7 Å². The molecular formula is C13H25N3O. The van der Waals surface area contributed by atoms with Gasteiger partial charge in [0, 0.05) is 26.0 Å². The Bertz CT molecular complexity index is 309. The van der Waals surface area contributed by atoms with Crippen LogP contribution >= 0.6 is 0 Å². The van der Waals surface area contributed by atoms with E-state index in [1.165, 1.54) is 12.8 Å². The summed E-state index contributed by atoms with van der Waals surface area (Å²) in [5, 5.41) is 3.38. The summed E-state index contributed by atoms with van der Waals surface area (Å²) in [5.74, 6) is 1.48. The summed E-state index contributed by atoms with van der Waals surface area (Å²) in [4.78, 5) is 4.37. The normalized spacial score (nSPS) is 13.0. The lowest BCUT2D eigenvalue weighted by Gasteiger charge is -2.23. The van der Waals surface area contributed by atoms with E-state index in [2.05, 4.69) is 35.6 Å². The minimum absolute atomic E-state index is 0.339. The lowest BCUT2D eigenvalue weighted by molar-refractivity contribution is 0.134. The fraction of sp³-hybridized carbons (Fsp3) is 0.769. The van der Waals surface area contributed by atoms with Crippen molar-refractivity contribution in [1.29, 1.82) is 0 Å². The number of anilines is 1. The third kappa shape index (κ3) is 4.04. The molecule has 0 bridgehead atoms. The van der Waals surface area contributed by atoms with Gasteiger partial charge in [-0.2, -0.15) is 0 Å². The average molecular weight is 239 g/mol. The van der Waals surface area contributed by atoms with Crippen molar-refractivity contribution in [3.63, 3.8) is 0 Å². The van der Waals surface area contributed by atoms with E-state index in [9.17, 15) is 0 Å².